The number of para-hydroxylation sites is 2. The first-order valence-electron chi connectivity index (χ1n) is 5.63. The van der Waals surface area contributed by atoms with Gasteiger partial charge in [-0.15, -0.1) is 0 Å². The van der Waals surface area contributed by atoms with E-state index in [9.17, 15) is 4.79 Å². The summed E-state index contributed by atoms with van der Waals surface area (Å²) in [6, 6.07) is 14.1. The van der Waals surface area contributed by atoms with Gasteiger partial charge in [-0.25, -0.2) is 4.79 Å². The minimum absolute atomic E-state index is 0.304. The predicted octanol–water partition coefficient (Wildman–Crippen LogP) is 4.66. The molecule has 0 aliphatic heterocycles. The molecule has 0 unspecified atom stereocenters. The normalized spacial score (nSPS) is 10.1. The van der Waals surface area contributed by atoms with Crippen LogP contribution in [0.2, 0.25) is 10.0 Å². The molecule has 0 saturated heterocycles. The molecule has 0 aliphatic carbocycles. The molecule has 98 valence electrons. The van der Waals surface area contributed by atoms with Crippen LogP contribution in [-0.2, 0) is 0 Å². The number of amides is 2. The number of hydrogen-bond donors (Lipinski definition) is 1. The molecule has 3 nitrogen and oxygen atoms in total. The Bertz CT molecular complexity index is 567. The molecule has 0 spiro atoms. The molecule has 0 atom stereocenters. The van der Waals surface area contributed by atoms with Crippen molar-refractivity contribution in [3.63, 3.8) is 0 Å². The maximum absolute atomic E-state index is 12.1. The number of benzene rings is 2. The molecule has 0 saturated carbocycles. The van der Waals surface area contributed by atoms with Crippen LogP contribution in [0.15, 0.2) is 48.5 Å². The van der Waals surface area contributed by atoms with Crippen LogP contribution in [0.3, 0.4) is 0 Å². The van der Waals surface area contributed by atoms with Crippen LogP contribution in [0.25, 0.3) is 0 Å². The molecule has 1 N–H and O–H groups in total. The van der Waals surface area contributed by atoms with Gasteiger partial charge in [-0.2, -0.15) is 0 Å². The van der Waals surface area contributed by atoms with Crippen LogP contribution in [0.4, 0.5) is 16.2 Å². The van der Waals surface area contributed by atoms with E-state index in [0.717, 1.165) is 5.69 Å². The second-order valence-electron chi connectivity index (χ2n) is 3.92. The maximum atomic E-state index is 12.1. The van der Waals surface area contributed by atoms with Gasteiger partial charge in [0.1, 0.15) is 0 Å². The smallest absolute Gasteiger partial charge is 0.305 e. The molecule has 2 aromatic carbocycles. The van der Waals surface area contributed by atoms with Crippen molar-refractivity contribution in [1.29, 1.82) is 0 Å². The van der Waals surface area contributed by atoms with Crippen LogP contribution < -0.4 is 10.2 Å². The Balaban J connectivity index is 2.18. The molecule has 0 aromatic heterocycles. The van der Waals surface area contributed by atoms with Gasteiger partial charge in [0.2, 0.25) is 0 Å². The third-order valence-corrected chi connectivity index (χ3v) is 3.27. The Labute approximate surface area is 121 Å². The number of anilines is 2. The monoisotopic (exact) mass is 294 g/mol. The Morgan fingerprint density at radius 3 is 2.16 bits per heavy atom. The number of halogens is 2. The zero-order valence-corrected chi connectivity index (χ0v) is 11.7. The number of rotatable bonds is 2. The summed E-state index contributed by atoms with van der Waals surface area (Å²) in [5.74, 6) is 0. The molecule has 2 rings (SSSR count). The summed E-state index contributed by atoms with van der Waals surface area (Å²) >= 11 is 12.0. The lowest BCUT2D eigenvalue weighted by Gasteiger charge is -2.19. The van der Waals surface area contributed by atoms with Crippen molar-refractivity contribution in [3.05, 3.63) is 58.6 Å². The zero-order valence-electron chi connectivity index (χ0n) is 10.2. The van der Waals surface area contributed by atoms with Gasteiger partial charge in [0.25, 0.3) is 0 Å². The second kappa shape index (κ2) is 5.95. The summed E-state index contributed by atoms with van der Waals surface area (Å²) in [7, 11) is 1.68. The van der Waals surface area contributed by atoms with E-state index >= 15 is 0 Å². The molecule has 2 aromatic rings. The Morgan fingerprint density at radius 1 is 1.00 bits per heavy atom. The highest BCUT2D eigenvalue weighted by molar-refractivity contribution is 6.39. The number of nitrogens with zero attached hydrogens (tertiary/aromatic N) is 1. The summed E-state index contributed by atoms with van der Waals surface area (Å²) in [5, 5.41) is 3.51. The van der Waals surface area contributed by atoms with E-state index in [4.69, 9.17) is 23.2 Å². The molecule has 0 aliphatic rings. The van der Waals surface area contributed by atoms with Crippen molar-refractivity contribution in [2.24, 2.45) is 0 Å². The second-order valence-corrected chi connectivity index (χ2v) is 4.74. The van der Waals surface area contributed by atoms with Crippen molar-refractivity contribution in [3.8, 4) is 0 Å². The van der Waals surface area contributed by atoms with E-state index in [-0.39, 0.29) is 6.03 Å². The van der Waals surface area contributed by atoms with E-state index in [2.05, 4.69) is 5.32 Å². The van der Waals surface area contributed by atoms with E-state index in [1.807, 2.05) is 30.3 Å². The summed E-state index contributed by atoms with van der Waals surface area (Å²) in [4.78, 5) is 13.6. The number of nitrogens with one attached hydrogen (secondary N) is 1. The minimum atomic E-state index is -0.304. The maximum Gasteiger partial charge on any atom is 0.326 e. The fourth-order valence-electron chi connectivity index (χ4n) is 1.58. The molecule has 5 heteroatoms. The van der Waals surface area contributed by atoms with Crippen molar-refractivity contribution in [2.45, 2.75) is 0 Å². The lowest BCUT2D eigenvalue weighted by molar-refractivity contribution is 0.258. The third kappa shape index (κ3) is 3.19. The van der Waals surface area contributed by atoms with Gasteiger partial charge in [0.15, 0.2) is 0 Å². The summed E-state index contributed by atoms with van der Waals surface area (Å²) in [6.07, 6.45) is 0. The van der Waals surface area contributed by atoms with E-state index in [1.165, 1.54) is 4.90 Å². The van der Waals surface area contributed by atoms with Gasteiger partial charge in [0, 0.05) is 12.7 Å². The SMILES string of the molecule is CN(C(=O)Nc1c(Cl)cccc1Cl)c1ccccc1. The van der Waals surface area contributed by atoms with Crippen LogP contribution in [0.5, 0.6) is 0 Å². The number of hydrogen-bond acceptors (Lipinski definition) is 1. The average molecular weight is 295 g/mol. The molecule has 19 heavy (non-hydrogen) atoms. The predicted molar refractivity (Wildman–Crippen MR) is 80.3 cm³/mol. The highest BCUT2D eigenvalue weighted by Crippen LogP contribution is 2.30. The van der Waals surface area contributed by atoms with E-state index < -0.39 is 0 Å². The molecule has 2 amide bonds. The molecular weight excluding hydrogens is 283 g/mol. The number of carbonyl (C=O) groups is 1. The third-order valence-electron chi connectivity index (χ3n) is 2.64. The lowest BCUT2D eigenvalue weighted by Crippen LogP contribution is -2.31. The van der Waals surface area contributed by atoms with Crippen molar-refractivity contribution >= 4 is 40.6 Å². The number of carbonyl (C=O) groups excluding carboxylic acids is 1. The lowest BCUT2D eigenvalue weighted by atomic mass is 10.3. The van der Waals surface area contributed by atoms with Crippen LogP contribution in [0.1, 0.15) is 0 Å². The molecule has 0 radical (unpaired) electrons. The van der Waals surface area contributed by atoms with Gasteiger partial charge >= 0.3 is 6.03 Å². The minimum Gasteiger partial charge on any atom is -0.305 e. The van der Waals surface area contributed by atoms with Crippen LogP contribution in [0, 0.1) is 0 Å². The van der Waals surface area contributed by atoms with Gasteiger partial charge in [-0.1, -0.05) is 47.5 Å². The Kier molecular flexibility index (Phi) is 4.30. The van der Waals surface area contributed by atoms with Crippen LogP contribution in [-0.4, -0.2) is 13.1 Å². The van der Waals surface area contributed by atoms with Gasteiger partial charge < -0.3 is 5.32 Å². The first-order valence-corrected chi connectivity index (χ1v) is 6.39. The summed E-state index contributed by atoms with van der Waals surface area (Å²) in [6.45, 7) is 0. The molecular formula is C14H12Cl2N2O. The zero-order chi connectivity index (χ0) is 13.8. The van der Waals surface area contributed by atoms with Crippen molar-refractivity contribution in [2.75, 3.05) is 17.3 Å². The molecule has 0 heterocycles. The Hall–Kier alpha value is -1.71. The molecule has 0 fully saturated rings. The van der Waals surface area contributed by atoms with E-state index in [0.29, 0.717) is 15.7 Å². The van der Waals surface area contributed by atoms with Gasteiger partial charge in [-0.3, -0.25) is 4.90 Å². The quantitative estimate of drug-likeness (QED) is 0.858. The van der Waals surface area contributed by atoms with Crippen molar-refractivity contribution < 1.29 is 4.79 Å². The largest absolute Gasteiger partial charge is 0.326 e. The fourth-order valence-corrected chi connectivity index (χ4v) is 2.07. The van der Waals surface area contributed by atoms with Gasteiger partial charge in [-0.05, 0) is 24.3 Å². The topological polar surface area (TPSA) is 32.3 Å². The van der Waals surface area contributed by atoms with Crippen LogP contribution >= 0.6 is 23.2 Å². The van der Waals surface area contributed by atoms with Crippen molar-refractivity contribution in [1.82, 2.24) is 0 Å². The number of urea groups is 1. The highest BCUT2D eigenvalue weighted by Gasteiger charge is 2.14. The van der Waals surface area contributed by atoms with E-state index in [1.54, 1.807) is 25.2 Å². The first-order chi connectivity index (χ1) is 9.09. The highest BCUT2D eigenvalue weighted by atomic mass is 35.5. The fraction of sp³-hybridized carbons (Fsp3) is 0.0714. The first kappa shape index (κ1) is 13.7. The van der Waals surface area contributed by atoms with Gasteiger partial charge in [0.05, 0.1) is 15.7 Å². The summed E-state index contributed by atoms with van der Waals surface area (Å²) in [5.41, 5.74) is 1.20. The summed E-state index contributed by atoms with van der Waals surface area (Å²) < 4.78 is 0. The Morgan fingerprint density at radius 2 is 1.58 bits per heavy atom. The standard InChI is InChI=1S/C14H12Cl2N2O/c1-18(10-6-3-2-4-7-10)14(19)17-13-11(15)8-5-9-12(13)16/h2-9H,1H3,(H,17,19). The average Bonchev–Trinajstić information content (AvgIpc) is 2.43. The molecule has 0 bridgehead atoms.